The lowest BCUT2D eigenvalue weighted by atomic mass is 9.97. The molecule has 2 aromatic carbocycles. The van der Waals surface area contributed by atoms with Crippen LogP contribution in [0.3, 0.4) is 0 Å². The Kier molecular flexibility index (Phi) is 5.84. The molecule has 2 aromatic rings. The number of hydrogen-bond acceptors (Lipinski definition) is 3. The normalized spacial score (nSPS) is 18.2. The van der Waals surface area contributed by atoms with Gasteiger partial charge >= 0.3 is 5.97 Å². The topological polar surface area (TPSA) is 55.8 Å². The Morgan fingerprint density at radius 2 is 2.00 bits per heavy atom. The Balaban J connectivity index is 1.74. The third kappa shape index (κ3) is 3.87. The maximum Gasteiger partial charge on any atom is 0.309 e. The number of rotatable bonds is 7. The molecular weight excluding hydrogens is 352 g/mol. The second-order valence-corrected chi connectivity index (χ2v) is 6.93. The van der Waals surface area contributed by atoms with Crippen LogP contribution in [0, 0.1) is 5.92 Å². The Morgan fingerprint density at radius 3 is 2.65 bits per heavy atom. The Hall–Kier alpha value is -2.04. The van der Waals surface area contributed by atoms with Crippen molar-refractivity contribution < 1.29 is 19.4 Å². The van der Waals surface area contributed by atoms with Crippen molar-refractivity contribution in [2.24, 2.45) is 5.92 Å². The van der Waals surface area contributed by atoms with E-state index in [1.54, 1.807) is 6.92 Å². The van der Waals surface area contributed by atoms with Gasteiger partial charge in [-0.2, -0.15) is 0 Å². The lowest BCUT2D eigenvalue weighted by molar-refractivity contribution is -0.146. The third-order valence-electron chi connectivity index (χ3n) is 4.84. The number of aliphatic carboxylic acids is 1. The van der Waals surface area contributed by atoms with Gasteiger partial charge in [0.05, 0.1) is 12.0 Å². The second-order valence-electron chi connectivity index (χ2n) is 6.52. The molecule has 0 bridgehead atoms. The first-order valence-corrected chi connectivity index (χ1v) is 9.27. The molecule has 1 aliphatic carbocycles. The predicted molar refractivity (Wildman–Crippen MR) is 101 cm³/mol. The molecule has 3 atom stereocenters. The minimum absolute atomic E-state index is 0.00446. The van der Waals surface area contributed by atoms with E-state index in [0.717, 1.165) is 34.7 Å². The van der Waals surface area contributed by atoms with Crippen LogP contribution in [0.1, 0.15) is 49.2 Å². The highest BCUT2D eigenvalue weighted by Gasteiger charge is 2.27. The van der Waals surface area contributed by atoms with Crippen molar-refractivity contribution in [2.75, 3.05) is 6.61 Å². The quantitative estimate of drug-likeness (QED) is 0.723. The highest BCUT2D eigenvalue weighted by atomic mass is 35.5. The number of halogens is 1. The molecule has 0 aromatic heterocycles. The summed E-state index contributed by atoms with van der Waals surface area (Å²) in [6, 6.07) is 13.4. The zero-order valence-corrected chi connectivity index (χ0v) is 15.7. The molecule has 0 amide bonds. The van der Waals surface area contributed by atoms with Crippen LogP contribution in [-0.2, 0) is 16.0 Å². The number of fused-ring (bicyclic) bond motifs is 1. The Labute approximate surface area is 158 Å². The predicted octanol–water partition coefficient (Wildman–Crippen LogP) is 5.20. The number of benzene rings is 2. The molecule has 1 unspecified atom stereocenters. The van der Waals surface area contributed by atoms with Crippen molar-refractivity contribution in [1.82, 2.24) is 0 Å². The molecule has 0 heterocycles. The summed E-state index contributed by atoms with van der Waals surface area (Å²) in [5, 5.41) is 10.1. The van der Waals surface area contributed by atoms with Gasteiger partial charge in [0.15, 0.2) is 0 Å². The molecule has 3 rings (SSSR count). The summed E-state index contributed by atoms with van der Waals surface area (Å²) in [6.45, 7) is 3.98. The molecule has 1 aliphatic rings. The van der Waals surface area contributed by atoms with Crippen LogP contribution in [0.5, 0.6) is 5.75 Å². The van der Waals surface area contributed by atoms with Gasteiger partial charge in [-0.1, -0.05) is 35.9 Å². The molecule has 1 N–H and O–H groups in total. The molecule has 138 valence electrons. The summed E-state index contributed by atoms with van der Waals surface area (Å²) in [6.07, 6.45) is 1.34. The van der Waals surface area contributed by atoms with Gasteiger partial charge < -0.3 is 14.6 Å². The summed E-state index contributed by atoms with van der Waals surface area (Å²) < 4.78 is 11.8. The number of carboxylic acid groups (broad SMARTS) is 1. The summed E-state index contributed by atoms with van der Waals surface area (Å²) in [5.74, 6) is -0.737. The van der Waals surface area contributed by atoms with E-state index in [1.165, 1.54) is 5.56 Å². The van der Waals surface area contributed by atoms with Crippen molar-refractivity contribution in [3.8, 4) is 5.75 Å². The summed E-state index contributed by atoms with van der Waals surface area (Å²) >= 11 is 6.26. The summed E-state index contributed by atoms with van der Waals surface area (Å²) in [4.78, 5) is 11.3. The van der Waals surface area contributed by atoms with Gasteiger partial charge in [0.2, 0.25) is 0 Å². The largest absolute Gasteiger partial charge is 0.486 e. The van der Waals surface area contributed by atoms with Crippen molar-refractivity contribution >= 4 is 17.6 Å². The molecule has 0 saturated carbocycles. The van der Waals surface area contributed by atoms with E-state index in [1.807, 2.05) is 43.3 Å². The zero-order valence-electron chi connectivity index (χ0n) is 14.9. The Bertz CT molecular complexity index is 772. The third-order valence-corrected chi connectivity index (χ3v) is 5.19. The fourth-order valence-electron chi connectivity index (χ4n) is 3.43. The molecule has 26 heavy (non-hydrogen) atoms. The van der Waals surface area contributed by atoms with Gasteiger partial charge in [0.25, 0.3) is 0 Å². The van der Waals surface area contributed by atoms with E-state index in [4.69, 9.17) is 21.1 Å². The van der Waals surface area contributed by atoms with Crippen molar-refractivity contribution in [2.45, 2.75) is 38.9 Å². The molecule has 5 heteroatoms. The average molecular weight is 375 g/mol. The Morgan fingerprint density at radius 1 is 1.27 bits per heavy atom. The van der Waals surface area contributed by atoms with E-state index in [9.17, 15) is 9.90 Å². The first-order chi connectivity index (χ1) is 12.5. The number of ether oxygens (including phenoxy) is 2. The number of carboxylic acids is 1. The van der Waals surface area contributed by atoms with Crippen LogP contribution in [-0.4, -0.2) is 17.7 Å². The van der Waals surface area contributed by atoms with Crippen LogP contribution in [0.25, 0.3) is 0 Å². The van der Waals surface area contributed by atoms with Crippen molar-refractivity contribution in [3.63, 3.8) is 0 Å². The number of carbonyl (C=O) groups is 1. The maximum absolute atomic E-state index is 11.3. The van der Waals surface area contributed by atoms with Gasteiger partial charge in [0.1, 0.15) is 11.9 Å². The van der Waals surface area contributed by atoms with E-state index < -0.39 is 18.0 Å². The minimum atomic E-state index is -0.872. The monoisotopic (exact) mass is 374 g/mol. The fourth-order valence-corrected chi connectivity index (χ4v) is 3.71. The van der Waals surface area contributed by atoms with Gasteiger partial charge in [0, 0.05) is 11.6 Å². The van der Waals surface area contributed by atoms with E-state index in [2.05, 4.69) is 6.07 Å². The highest BCUT2D eigenvalue weighted by Crippen LogP contribution is 2.38. The molecule has 4 nitrogen and oxygen atoms in total. The molecular formula is C21H23ClO4. The van der Waals surface area contributed by atoms with Crippen LogP contribution < -0.4 is 4.74 Å². The van der Waals surface area contributed by atoms with E-state index in [0.29, 0.717) is 6.61 Å². The number of hydrogen-bond donors (Lipinski definition) is 1. The lowest BCUT2D eigenvalue weighted by Gasteiger charge is -2.22. The first-order valence-electron chi connectivity index (χ1n) is 8.89. The van der Waals surface area contributed by atoms with Crippen molar-refractivity contribution in [3.05, 3.63) is 64.2 Å². The SMILES string of the molecule is CCO[C@H](c1ccc(O[C@H]2CCc3c(Cl)cccc32)cc1)C(C)C(=O)O. The fraction of sp³-hybridized carbons (Fsp3) is 0.381. The minimum Gasteiger partial charge on any atom is -0.486 e. The lowest BCUT2D eigenvalue weighted by Crippen LogP contribution is -2.21. The maximum atomic E-state index is 11.3. The smallest absolute Gasteiger partial charge is 0.309 e. The average Bonchev–Trinajstić information content (AvgIpc) is 3.04. The van der Waals surface area contributed by atoms with Crippen molar-refractivity contribution in [1.29, 1.82) is 0 Å². The standard InChI is InChI=1S/C21H23ClO4/c1-3-25-20(13(2)21(23)24)14-7-9-15(10-8-14)26-19-12-11-16-17(19)5-4-6-18(16)22/h4-10,13,19-20H,3,11-12H2,1-2H3,(H,23,24)/t13?,19-,20-/m0/s1. The first kappa shape index (κ1) is 18.7. The molecule has 0 spiro atoms. The van der Waals surface area contributed by atoms with Gasteiger partial charge in [-0.05, 0) is 61.6 Å². The van der Waals surface area contributed by atoms with Crippen LogP contribution >= 0.6 is 11.6 Å². The zero-order chi connectivity index (χ0) is 18.7. The van der Waals surface area contributed by atoms with Gasteiger partial charge in [-0.25, -0.2) is 0 Å². The molecule has 0 radical (unpaired) electrons. The highest BCUT2D eigenvalue weighted by molar-refractivity contribution is 6.31. The van der Waals surface area contributed by atoms with Gasteiger partial charge in [-0.3, -0.25) is 4.79 Å². The summed E-state index contributed by atoms with van der Waals surface area (Å²) in [5.41, 5.74) is 3.15. The van der Waals surface area contributed by atoms with Crippen LogP contribution in [0.2, 0.25) is 5.02 Å². The molecule has 0 fully saturated rings. The van der Waals surface area contributed by atoms with Crippen LogP contribution in [0.15, 0.2) is 42.5 Å². The second kappa shape index (κ2) is 8.11. The summed E-state index contributed by atoms with van der Waals surface area (Å²) in [7, 11) is 0. The molecule has 0 aliphatic heterocycles. The van der Waals surface area contributed by atoms with E-state index in [-0.39, 0.29) is 6.10 Å². The molecule has 0 saturated heterocycles. The van der Waals surface area contributed by atoms with E-state index >= 15 is 0 Å². The van der Waals surface area contributed by atoms with Gasteiger partial charge in [-0.15, -0.1) is 0 Å². The van der Waals surface area contributed by atoms with Crippen LogP contribution in [0.4, 0.5) is 0 Å².